The average molecular weight is 332 g/mol. The van der Waals surface area contributed by atoms with Crippen LogP contribution in [0.4, 0.5) is 10.1 Å². The molecule has 17 heavy (non-hydrogen) atoms. The number of rotatable bonds is 1. The third-order valence-electron chi connectivity index (χ3n) is 2.59. The summed E-state index contributed by atoms with van der Waals surface area (Å²) < 4.78 is 19.0. The van der Waals surface area contributed by atoms with E-state index < -0.39 is 27.4 Å². The molecule has 2 N–H and O–H groups in total. The van der Waals surface area contributed by atoms with Crippen LogP contribution in [-0.4, -0.2) is 32.1 Å². The summed E-state index contributed by atoms with van der Waals surface area (Å²) in [5, 5.41) is 0. The van der Waals surface area contributed by atoms with Crippen LogP contribution in [0.2, 0.25) is 0 Å². The first-order chi connectivity index (χ1) is 8.24. The van der Waals surface area contributed by atoms with E-state index in [2.05, 4.69) is 8.20 Å². The van der Waals surface area contributed by atoms with Gasteiger partial charge in [0.1, 0.15) is 0 Å². The van der Waals surface area contributed by atoms with Crippen LogP contribution in [0.3, 0.4) is 0 Å². The number of nitrogens with two attached hydrogens (primary N) is 1. The molecular weight excluding hydrogens is 324 g/mol. The summed E-state index contributed by atoms with van der Waals surface area (Å²) in [6.45, 7) is 0. The van der Waals surface area contributed by atoms with Crippen LogP contribution >= 0.6 is 0 Å². The number of hydrogen-bond acceptors (Lipinski definition) is 3. The Labute approximate surface area is 108 Å². The van der Waals surface area contributed by atoms with E-state index >= 15 is 0 Å². The zero-order valence-electron chi connectivity index (χ0n) is 8.81. The minimum absolute atomic E-state index is 0.479. The van der Waals surface area contributed by atoms with Crippen molar-refractivity contribution in [3.63, 3.8) is 0 Å². The topological polar surface area (TPSA) is 51.3 Å². The van der Waals surface area contributed by atoms with Crippen molar-refractivity contribution in [3.8, 4) is 0 Å². The molecule has 3 rings (SSSR count). The number of fused-ring (bicyclic) bond motifs is 1. The van der Waals surface area contributed by atoms with E-state index in [-0.39, 0.29) is 0 Å². The maximum absolute atomic E-state index is 13.1. The molecule has 0 fully saturated rings. The van der Waals surface area contributed by atoms with Crippen molar-refractivity contribution in [2.24, 2.45) is 3.21 Å². The molecule has 2 heterocycles. The fourth-order valence-electron chi connectivity index (χ4n) is 1.80. The van der Waals surface area contributed by atoms with Crippen molar-refractivity contribution < 1.29 is 4.39 Å². The van der Waals surface area contributed by atoms with Gasteiger partial charge in [0.2, 0.25) is 0 Å². The molecule has 2 aromatic rings. The average Bonchev–Trinajstić information content (AvgIpc) is 2.71. The van der Waals surface area contributed by atoms with Gasteiger partial charge in [0.25, 0.3) is 0 Å². The summed E-state index contributed by atoms with van der Waals surface area (Å²) in [6, 6.07) is 9.03. The van der Waals surface area contributed by atoms with Gasteiger partial charge < -0.3 is 0 Å². The Balaban J connectivity index is 2.12. The van der Waals surface area contributed by atoms with Crippen LogP contribution in [0.25, 0.3) is 0 Å². The molecule has 3 nitrogen and oxygen atoms in total. The van der Waals surface area contributed by atoms with Crippen molar-refractivity contribution in [3.05, 3.63) is 53.6 Å². The molecule has 0 unspecified atom stereocenters. The number of halogens is 1. The van der Waals surface area contributed by atoms with Gasteiger partial charge in [0, 0.05) is 0 Å². The van der Waals surface area contributed by atoms with Crippen LogP contribution in [0.1, 0.15) is 11.1 Å². The van der Waals surface area contributed by atoms with Crippen molar-refractivity contribution in [1.29, 1.82) is 0 Å². The van der Waals surface area contributed by atoms with Gasteiger partial charge in [-0.1, -0.05) is 0 Å². The summed E-state index contributed by atoms with van der Waals surface area (Å²) in [4.78, 5) is 3.55. The Morgan fingerprint density at radius 1 is 1.18 bits per heavy atom. The molecule has 0 saturated carbocycles. The molecule has 1 aliphatic heterocycles. The number of hydrogen-bond donors (Lipinski definition) is 1. The summed E-state index contributed by atoms with van der Waals surface area (Å²) in [6.07, 6.45) is 1.46. The molecule has 0 bridgehead atoms. The fourth-order valence-corrected chi connectivity index (χ4v) is 4.51. The van der Waals surface area contributed by atoms with E-state index in [1.807, 2.05) is 18.2 Å². The van der Waals surface area contributed by atoms with E-state index in [1.54, 1.807) is 6.07 Å². The number of aromatic nitrogens is 1. The Bertz CT molecular complexity index is 625. The van der Waals surface area contributed by atoms with Gasteiger partial charge in [-0.05, 0) is 0 Å². The Morgan fingerprint density at radius 2 is 2.06 bits per heavy atom. The molecule has 2 radical (unpaired) electrons. The maximum atomic E-state index is 13.1. The second-order valence-corrected chi connectivity index (χ2v) is 6.56. The van der Waals surface area contributed by atoms with E-state index in [0.29, 0.717) is 5.69 Å². The van der Waals surface area contributed by atoms with Crippen molar-refractivity contribution in [1.82, 2.24) is 4.98 Å². The van der Waals surface area contributed by atoms with Crippen LogP contribution in [-0.2, 0) is 0 Å². The summed E-state index contributed by atoms with van der Waals surface area (Å²) in [7, 11) is 0. The Hall–Kier alpha value is -1.43. The van der Waals surface area contributed by atoms with Crippen molar-refractivity contribution in [2.45, 2.75) is 0 Å². The zero-order chi connectivity index (χ0) is 11.8. The normalized spacial score (nSPS) is 13.4. The molecule has 0 spiro atoms. The van der Waals surface area contributed by atoms with E-state index in [1.165, 1.54) is 15.8 Å². The fraction of sp³-hybridized carbons (Fsp3) is 0. The standard InChI is InChI=1S/C12H8FN3.Sn/c13-11-7-9(4-5-16-11)12(15)8-2-1-3-10(14)6-8;/h1,3-7H,14H2;/q-1;+1. The third-order valence-corrected chi connectivity index (χ3v) is 5.48. The third kappa shape index (κ3) is 1.93. The van der Waals surface area contributed by atoms with Crippen LogP contribution in [0.5, 0.6) is 0 Å². The summed E-state index contributed by atoms with van der Waals surface area (Å²) >= 11 is -0.920. The van der Waals surface area contributed by atoms with Gasteiger partial charge >= 0.3 is 108 Å². The van der Waals surface area contributed by atoms with E-state index in [4.69, 9.17) is 5.73 Å². The first kappa shape index (κ1) is 10.7. The van der Waals surface area contributed by atoms with Crippen LogP contribution in [0.15, 0.2) is 39.7 Å². The molecule has 5 heteroatoms. The Kier molecular flexibility index (Phi) is 2.58. The summed E-state index contributed by atoms with van der Waals surface area (Å²) in [5.74, 6) is -0.479. The number of nitrogens with zero attached hydrogens (tertiary/aromatic N) is 2. The molecular formula is C12H8FN3Sn. The molecule has 82 valence electrons. The number of anilines is 1. The quantitative estimate of drug-likeness (QED) is 0.479. The number of benzene rings is 1. The molecule has 0 amide bonds. The van der Waals surface area contributed by atoms with Crippen LogP contribution < -0.4 is 9.31 Å². The van der Waals surface area contributed by atoms with Crippen molar-refractivity contribution in [2.75, 3.05) is 5.73 Å². The van der Waals surface area contributed by atoms with E-state index in [9.17, 15) is 4.39 Å². The van der Waals surface area contributed by atoms with Gasteiger partial charge in [0.15, 0.2) is 0 Å². The number of nitrogen functional groups attached to an aromatic ring is 1. The Morgan fingerprint density at radius 3 is 2.88 bits per heavy atom. The van der Waals surface area contributed by atoms with E-state index in [0.717, 1.165) is 16.8 Å². The second-order valence-electron chi connectivity index (χ2n) is 3.74. The molecule has 0 aliphatic carbocycles. The monoisotopic (exact) mass is 333 g/mol. The zero-order valence-corrected chi connectivity index (χ0v) is 11.7. The first-order valence-corrected chi connectivity index (χ1v) is 7.80. The van der Waals surface area contributed by atoms with Crippen LogP contribution in [0, 0.1) is 5.95 Å². The predicted octanol–water partition coefficient (Wildman–Crippen LogP) is 0.898. The molecule has 0 saturated heterocycles. The first-order valence-electron chi connectivity index (χ1n) is 5.09. The SMILES string of the molecule is Nc1cc[c]2c(c1)C(c1ccnc(F)c1)=[N][Sn]2. The number of pyridine rings is 1. The molecule has 0 atom stereocenters. The molecule has 1 aromatic carbocycles. The molecule has 1 aliphatic rings. The van der Waals surface area contributed by atoms with Gasteiger partial charge in [-0.3, -0.25) is 0 Å². The van der Waals surface area contributed by atoms with Gasteiger partial charge in [0.05, 0.1) is 0 Å². The van der Waals surface area contributed by atoms with Gasteiger partial charge in [-0.25, -0.2) is 0 Å². The van der Waals surface area contributed by atoms with Gasteiger partial charge in [-0.15, -0.1) is 0 Å². The predicted molar refractivity (Wildman–Crippen MR) is 66.1 cm³/mol. The minimum atomic E-state index is -0.920. The van der Waals surface area contributed by atoms with Gasteiger partial charge in [-0.2, -0.15) is 0 Å². The summed E-state index contributed by atoms with van der Waals surface area (Å²) in [5.41, 5.74) is 9.19. The molecule has 1 aromatic heterocycles. The second kappa shape index (κ2) is 4.10. The van der Waals surface area contributed by atoms with Crippen molar-refractivity contribution >= 4 is 36.4 Å².